The van der Waals surface area contributed by atoms with Crippen LogP contribution in [-0.2, 0) is 4.79 Å². The average Bonchev–Trinajstić information content (AvgIpc) is 3.04. The van der Waals surface area contributed by atoms with Crippen molar-refractivity contribution in [1.29, 1.82) is 0 Å². The Morgan fingerprint density at radius 3 is 2.73 bits per heavy atom. The quantitative estimate of drug-likeness (QED) is 0.774. The molecule has 4 heterocycles. The number of hydrogen-bond donors (Lipinski definition) is 2. The lowest BCUT2D eigenvalue weighted by molar-refractivity contribution is -0.128. The zero-order chi connectivity index (χ0) is 18.4. The second kappa shape index (κ2) is 6.05. The Morgan fingerprint density at radius 1 is 1.23 bits per heavy atom. The molecule has 2 aliphatic rings. The second-order valence-electron chi connectivity index (χ2n) is 8.03. The number of rotatable bonds is 1. The van der Waals surface area contributed by atoms with E-state index in [1.54, 1.807) is 27.8 Å². The highest BCUT2D eigenvalue weighted by molar-refractivity contribution is 5.93. The van der Waals surface area contributed by atoms with Crippen molar-refractivity contribution in [2.24, 2.45) is 5.41 Å². The number of carbonyl (C=O) groups excluding carboxylic acids is 2. The lowest BCUT2D eigenvalue weighted by atomic mass is 9.86. The number of hydrogen-bond acceptors (Lipinski definition) is 5. The highest BCUT2D eigenvalue weighted by atomic mass is 16.2. The molecule has 8 nitrogen and oxygen atoms in total. The van der Waals surface area contributed by atoms with Crippen LogP contribution in [0.2, 0.25) is 0 Å². The molecule has 0 unspecified atom stereocenters. The Morgan fingerprint density at radius 2 is 2.00 bits per heavy atom. The molecule has 2 aromatic heterocycles. The van der Waals surface area contributed by atoms with Gasteiger partial charge in [0.05, 0.1) is 0 Å². The third-order valence-corrected chi connectivity index (χ3v) is 5.43. The fourth-order valence-electron chi connectivity index (χ4n) is 3.63. The number of fused-ring (bicyclic) bond motifs is 1. The van der Waals surface area contributed by atoms with E-state index in [0.29, 0.717) is 43.9 Å². The number of imidazole rings is 1. The third kappa shape index (κ3) is 2.94. The molecule has 2 aromatic rings. The molecule has 8 heteroatoms. The van der Waals surface area contributed by atoms with Crippen molar-refractivity contribution in [2.45, 2.75) is 32.2 Å². The summed E-state index contributed by atoms with van der Waals surface area (Å²) in [4.78, 5) is 35.7. The minimum absolute atomic E-state index is 0.0235. The van der Waals surface area contributed by atoms with Crippen LogP contribution in [0.1, 0.15) is 37.2 Å². The van der Waals surface area contributed by atoms with E-state index in [4.69, 9.17) is 0 Å². The predicted octanol–water partition coefficient (Wildman–Crippen LogP) is 0.450. The van der Waals surface area contributed by atoms with Crippen LogP contribution in [0, 0.1) is 5.41 Å². The van der Waals surface area contributed by atoms with Crippen molar-refractivity contribution in [3.05, 3.63) is 30.4 Å². The van der Waals surface area contributed by atoms with Gasteiger partial charge in [0.1, 0.15) is 11.2 Å². The lowest BCUT2D eigenvalue weighted by Gasteiger charge is -2.40. The summed E-state index contributed by atoms with van der Waals surface area (Å²) in [5, 5.41) is 6.54. The fourth-order valence-corrected chi connectivity index (χ4v) is 3.63. The van der Waals surface area contributed by atoms with Crippen LogP contribution in [-0.4, -0.2) is 62.8 Å². The number of carbonyl (C=O) groups is 2. The van der Waals surface area contributed by atoms with E-state index in [9.17, 15) is 9.59 Å². The van der Waals surface area contributed by atoms with Gasteiger partial charge < -0.3 is 15.5 Å². The molecular formula is C18H24N6O2. The molecule has 1 spiro atoms. The number of likely N-dealkylation sites (tertiary alicyclic amines) is 1. The summed E-state index contributed by atoms with van der Waals surface area (Å²) in [6.45, 7) is 6.77. The molecule has 4 rings (SSSR count). The molecule has 2 N–H and O–H groups in total. The van der Waals surface area contributed by atoms with E-state index in [1.807, 2.05) is 6.20 Å². The summed E-state index contributed by atoms with van der Waals surface area (Å²) in [6, 6.07) is 1.80. The molecule has 0 aromatic carbocycles. The van der Waals surface area contributed by atoms with Gasteiger partial charge in [0.15, 0.2) is 0 Å². The smallest absolute Gasteiger partial charge is 0.274 e. The van der Waals surface area contributed by atoms with Gasteiger partial charge in [-0.05, 0) is 24.3 Å². The van der Waals surface area contributed by atoms with Crippen molar-refractivity contribution in [2.75, 3.05) is 26.2 Å². The largest absolute Gasteiger partial charge is 0.354 e. The number of piperidine rings is 1. The maximum absolute atomic E-state index is 12.8. The van der Waals surface area contributed by atoms with Gasteiger partial charge in [0, 0.05) is 44.8 Å². The third-order valence-electron chi connectivity index (χ3n) is 5.43. The number of aromatic nitrogens is 3. The summed E-state index contributed by atoms with van der Waals surface area (Å²) in [5.41, 5.74) is -0.167. The molecule has 2 aliphatic heterocycles. The number of nitrogens with zero attached hydrogens (tertiary/aromatic N) is 4. The standard InChI is InChI=1S/C18H24N6O2/c1-17(2)11-20-15(26)18(21-12-17)4-8-23(9-5-18)14(25)13-10-24-7-3-6-19-16(24)22-13/h3,6-7,10,21H,4-5,8-9,11-12H2,1-2H3,(H,20,26). The van der Waals surface area contributed by atoms with E-state index in [-0.39, 0.29) is 17.2 Å². The first-order chi connectivity index (χ1) is 12.4. The van der Waals surface area contributed by atoms with Gasteiger partial charge >= 0.3 is 0 Å². The molecule has 26 heavy (non-hydrogen) atoms. The monoisotopic (exact) mass is 356 g/mol. The SMILES string of the molecule is CC1(C)CNC(=O)C2(CCN(C(=O)c3cn4cccnc4n3)CC2)NC1. The van der Waals surface area contributed by atoms with E-state index >= 15 is 0 Å². The fraction of sp³-hybridized carbons (Fsp3) is 0.556. The van der Waals surface area contributed by atoms with Gasteiger partial charge in [-0.25, -0.2) is 9.97 Å². The predicted molar refractivity (Wildman–Crippen MR) is 95.6 cm³/mol. The Balaban J connectivity index is 1.47. The zero-order valence-electron chi connectivity index (χ0n) is 15.2. The molecule has 2 amide bonds. The van der Waals surface area contributed by atoms with Crippen molar-refractivity contribution in [1.82, 2.24) is 29.9 Å². The summed E-state index contributed by atoms with van der Waals surface area (Å²) < 4.78 is 1.74. The molecule has 2 fully saturated rings. The van der Waals surface area contributed by atoms with Crippen LogP contribution >= 0.6 is 0 Å². The lowest BCUT2D eigenvalue weighted by Crippen LogP contribution is -2.61. The van der Waals surface area contributed by atoms with Crippen molar-refractivity contribution >= 4 is 17.6 Å². The van der Waals surface area contributed by atoms with Crippen molar-refractivity contribution < 1.29 is 9.59 Å². The van der Waals surface area contributed by atoms with Gasteiger partial charge in [0.25, 0.3) is 5.91 Å². The first-order valence-electron chi connectivity index (χ1n) is 9.01. The molecule has 0 atom stereocenters. The first kappa shape index (κ1) is 17.0. The molecule has 0 bridgehead atoms. The molecule has 138 valence electrons. The average molecular weight is 356 g/mol. The van der Waals surface area contributed by atoms with Crippen LogP contribution in [0.15, 0.2) is 24.7 Å². The van der Waals surface area contributed by atoms with E-state index in [2.05, 4.69) is 34.4 Å². The van der Waals surface area contributed by atoms with Gasteiger partial charge in [-0.15, -0.1) is 0 Å². The summed E-state index contributed by atoms with van der Waals surface area (Å²) in [5.74, 6) is 0.447. The Bertz CT molecular complexity index is 817. The Kier molecular flexibility index (Phi) is 3.95. The minimum atomic E-state index is -0.578. The van der Waals surface area contributed by atoms with E-state index in [1.165, 1.54) is 0 Å². The minimum Gasteiger partial charge on any atom is -0.354 e. The van der Waals surface area contributed by atoms with E-state index < -0.39 is 5.54 Å². The molecule has 0 saturated carbocycles. The summed E-state index contributed by atoms with van der Waals surface area (Å²) >= 11 is 0. The van der Waals surface area contributed by atoms with Gasteiger partial charge in [-0.1, -0.05) is 13.8 Å². The van der Waals surface area contributed by atoms with Gasteiger partial charge in [-0.2, -0.15) is 0 Å². The van der Waals surface area contributed by atoms with Gasteiger partial charge in [-0.3, -0.25) is 14.0 Å². The second-order valence-corrected chi connectivity index (χ2v) is 8.03. The highest BCUT2D eigenvalue weighted by Gasteiger charge is 2.45. The number of nitrogens with one attached hydrogen (secondary N) is 2. The highest BCUT2D eigenvalue weighted by Crippen LogP contribution is 2.28. The summed E-state index contributed by atoms with van der Waals surface area (Å²) in [7, 11) is 0. The van der Waals surface area contributed by atoms with Gasteiger partial charge in [0.2, 0.25) is 11.7 Å². The Labute approximate surface area is 152 Å². The van der Waals surface area contributed by atoms with E-state index in [0.717, 1.165) is 6.54 Å². The number of amides is 2. The van der Waals surface area contributed by atoms with Crippen molar-refractivity contribution in [3.63, 3.8) is 0 Å². The van der Waals surface area contributed by atoms with Crippen LogP contribution in [0.25, 0.3) is 5.78 Å². The molecular weight excluding hydrogens is 332 g/mol. The van der Waals surface area contributed by atoms with Crippen LogP contribution < -0.4 is 10.6 Å². The topological polar surface area (TPSA) is 91.6 Å². The zero-order valence-corrected chi connectivity index (χ0v) is 15.2. The maximum atomic E-state index is 12.8. The van der Waals surface area contributed by atoms with Crippen LogP contribution in [0.4, 0.5) is 0 Å². The first-order valence-corrected chi connectivity index (χ1v) is 9.01. The van der Waals surface area contributed by atoms with Crippen LogP contribution in [0.3, 0.4) is 0 Å². The van der Waals surface area contributed by atoms with Crippen molar-refractivity contribution in [3.8, 4) is 0 Å². The Hall–Kier alpha value is -2.48. The summed E-state index contributed by atoms with van der Waals surface area (Å²) in [6.07, 6.45) is 6.38. The normalized spacial score (nSPS) is 22.2. The molecule has 2 saturated heterocycles. The molecule has 0 radical (unpaired) electrons. The molecule has 0 aliphatic carbocycles. The maximum Gasteiger partial charge on any atom is 0.274 e. The van der Waals surface area contributed by atoms with Crippen LogP contribution in [0.5, 0.6) is 0 Å².